The van der Waals surface area contributed by atoms with Crippen LogP contribution in [-0.4, -0.2) is 29.2 Å². The Labute approximate surface area is 117 Å². The van der Waals surface area contributed by atoms with E-state index < -0.39 is 13.9 Å². The molecule has 2 aromatic rings. The van der Waals surface area contributed by atoms with Crippen LogP contribution in [0.15, 0.2) is 12.3 Å². The number of rotatable bonds is 5. The molecule has 0 aliphatic heterocycles. The van der Waals surface area contributed by atoms with Crippen molar-refractivity contribution < 1.29 is 9.13 Å². The van der Waals surface area contributed by atoms with Crippen molar-refractivity contribution in [3.05, 3.63) is 23.4 Å². The number of pyridine rings is 1. The Kier molecular flexibility index (Phi) is 4.22. The SMILES string of the molecule is C[Si](C)(C)CCOCn1c(Cl)nc2ncc(F)cc21. The molecule has 0 aliphatic carbocycles. The number of hydrogen-bond acceptors (Lipinski definition) is 3. The molecular formula is C12H17ClFN3OSi. The largest absolute Gasteiger partial charge is 0.361 e. The van der Waals surface area contributed by atoms with Gasteiger partial charge in [-0.2, -0.15) is 4.98 Å². The lowest BCUT2D eigenvalue weighted by atomic mass is 10.4. The van der Waals surface area contributed by atoms with Crippen molar-refractivity contribution in [2.45, 2.75) is 32.4 Å². The van der Waals surface area contributed by atoms with Crippen LogP contribution in [-0.2, 0) is 11.5 Å². The molecule has 104 valence electrons. The van der Waals surface area contributed by atoms with Gasteiger partial charge in [0, 0.05) is 20.7 Å². The lowest BCUT2D eigenvalue weighted by molar-refractivity contribution is 0.0900. The van der Waals surface area contributed by atoms with E-state index in [0.717, 1.165) is 12.2 Å². The summed E-state index contributed by atoms with van der Waals surface area (Å²) >= 11 is 6.01. The van der Waals surface area contributed by atoms with Crippen LogP contribution in [0.4, 0.5) is 4.39 Å². The highest BCUT2D eigenvalue weighted by Gasteiger charge is 2.14. The molecule has 4 nitrogen and oxygen atoms in total. The second-order valence-corrected chi connectivity index (χ2v) is 11.6. The predicted octanol–water partition coefficient (Wildman–Crippen LogP) is 3.54. The molecule has 0 fully saturated rings. The summed E-state index contributed by atoms with van der Waals surface area (Å²) in [7, 11) is -1.11. The third kappa shape index (κ3) is 3.74. The first-order valence-electron chi connectivity index (χ1n) is 6.12. The van der Waals surface area contributed by atoms with Gasteiger partial charge in [0.15, 0.2) is 5.65 Å². The molecule has 0 unspecified atom stereocenters. The van der Waals surface area contributed by atoms with E-state index >= 15 is 0 Å². The molecule has 0 aliphatic rings. The predicted molar refractivity (Wildman–Crippen MR) is 76.6 cm³/mol. The summed E-state index contributed by atoms with van der Waals surface area (Å²) in [6.07, 6.45) is 1.13. The molecule has 0 saturated carbocycles. The summed E-state index contributed by atoms with van der Waals surface area (Å²) in [6.45, 7) is 7.80. The summed E-state index contributed by atoms with van der Waals surface area (Å²) in [4.78, 5) is 7.95. The minimum absolute atomic E-state index is 0.265. The van der Waals surface area contributed by atoms with Crippen molar-refractivity contribution in [1.82, 2.24) is 14.5 Å². The summed E-state index contributed by atoms with van der Waals surface area (Å²) < 4.78 is 20.4. The molecule has 0 radical (unpaired) electrons. The van der Waals surface area contributed by atoms with Crippen molar-refractivity contribution in [3.63, 3.8) is 0 Å². The quantitative estimate of drug-likeness (QED) is 0.626. The highest BCUT2D eigenvalue weighted by Crippen LogP contribution is 2.19. The lowest BCUT2D eigenvalue weighted by Gasteiger charge is -2.15. The maximum atomic E-state index is 13.2. The smallest absolute Gasteiger partial charge is 0.207 e. The molecule has 0 amide bonds. The van der Waals surface area contributed by atoms with Crippen LogP contribution in [0.1, 0.15) is 0 Å². The zero-order valence-electron chi connectivity index (χ0n) is 11.3. The molecule has 0 saturated heterocycles. The second kappa shape index (κ2) is 5.56. The molecule has 0 bridgehead atoms. The van der Waals surface area contributed by atoms with E-state index in [-0.39, 0.29) is 12.0 Å². The van der Waals surface area contributed by atoms with Gasteiger partial charge in [-0.15, -0.1) is 0 Å². The van der Waals surface area contributed by atoms with Crippen LogP contribution >= 0.6 is 11.6 Å². The Bertz CT molecular complexity index is 582. The zero-order valence-corrected chi connectivity index (χ0v) is 13.0. The summed E-state index contributed by atoms with van der Waals surface area (Å²) in [5, 5.41) is 0.265. The standard InChI is InChI=1S/C12H17ClFN3OSi/c1-19(2,3)5-4-18-8-17-10-6-9(14)7-15-11(10)16-12(17)13/h6-7H,4-5,8H2,1-3H3. The van der Waals surface area contributed by atoms with Gasteiger partial charge in [0.1, 0.15) is 12.5 Å². The van der Waals surface area contributed by atoms with Gasteiger partial charge in [0.2, 0.25) is 5.28 Å². The molecule has 0 atom stereocenters. The molecule has 2 rings (SSSR count). The molecular weight excluding hydrogens is 285 g/mol. The van der Waals surface area contributed by atoms with E-state index in [1.807, 2.05) is 0 Å². The molecule has 19 heavy (non-hydrogen) atoms. The molecule has 0 aromatic carbocycles. The van der Waals surface area contributed by atoms with Gasteiger partial charge in [-0.25, -0.2) is 9.37 Å². The minimum Gasteiger partial charge on any atom is -0.361 e. The maximum absolute atomic E-state index is 13.2. The van der Waals surface area contributed by atoms with Crippen LogP contribution in [0, 0.1) is 5.82 Å². The van der Waals surface area contributed by atoms with Gasteiger partial charge in [0.05, 0.1) is 11.7 Å². The first-order chi connectivity index (χ1) is 8.87. The van der Waals surface area contributed by atoms with Gasteiger partial charge in [-0.05, 0) is 17.6 Å². The average molecular weight is 302 g/mol. The lowest BCUT2D eigenvalue weighted by Crippen LogP contribution is -2.22. The van der Waals surface area contributed by atoms with Crippen molar-refractivity contribution in [2.24, 2.45) is 0 Å². The van der Waals surface area contributed by atoms with Crippen LogP contribution in [0.25, 0.3) is 11.2 Å². The molecule has 2 aromatic heterocycles. The van der Waals surface area contributed by atoms with E-state index in [2.05, 4.69) is 29.6 Å². The van der Waals surface area contributed by atoms with Crippen molar-refractivity contribution in [3.8, 4) is 0 Å². The van der Waals surface area contributed by atoms with E-state index in [1.165, 1.54) is 6.07 Å². The maximum Gasteiger partial charge on any atom is 0.207 e. The fourth-order valence-electron chi connectivity index (χ4n) is 1.61. The van der Waals surface area contributed by atoms with Crippen LogP contribution in [0.2, 0.25) is 31.0 Å². The Morgan fingerprint density at radius 2 is 2.16 bits per heavy atom. The van der Waals surface area contributed by atoms with Crippen molar-refractivity contribution >= 4 is 30.8 Å². The molecule has 7 heteroatoms. The zero-order chi connectivity index (χ0) is 14.0. The van der Waals surface area contributed by atoms with Crippen LogP contribution in [0.5, 0.6) is 0 Å². The highest BCUT2D eigenvalue weighted by molar-refractivity contribution is 6.76. The average Bonchev–Trinajstić information content (AvgIpc) is 2.59. The number of halogens is 2. The Morgan fingerprint density at radius 3 is 2.84 bits per heavy atom. The van der Waals surface area contributed by atoms with Gasteiger partial charge < -0.3 is 4.74 Å². The minimum atomic E-state index is -1.11. The topological polar surface area (TPSA) is 39.9 Å². The number of nitrogens with zero attached hydrogens (tertiary/aromatic N) is 3. The van der Waals surface area contributed by atoms with Gasteiger partial charge in [-0.1, -0.05) is 19.6 Å². The Morgan fingerprint density at radius 1 is 1.42 bits per heavy atom. The third-order valence-electron chi connectivity index (χ3n) is 2.74. The number of aromatic nitrogens is 3. The van der Waals surface area contributed by atoms with Gasteiger partial charge in [-0.3, -0.25) is 4.57 Å². The number of hydrogen-bond donors (Lipinski definition) is 0. The normalized spacial score (nSPS) is 12.3. The number of imidazole rings is 1. The van der Waals surface area contributed by atoms with Gasteiger partial charge in [0.25, 0.3) is 0 Å². The Balaban J connectivity index is 2.08. The fourth-order valence-corrected chi connectivity index (χ4v) is 2.59. The van der Waals surface area contributed by atoms with Crippen LogP contribution in [0.3, 0.4) is 0 Å². The van der Waals surface area contributed by atoms with Crippen molar-refractivity contribution in [1.29, 1.82) is 0 Å². The van der Waals surface area contributed by atoms with Gasteiger partial charge >= 0.3 is 0 Å². The fraction of sp³-hybridized carbons (Fsp3) is 0.500. The Hall–Kier alpha value is -0.983. The van der Waals surface area contributed by atoms with Crippen molar-refractivity contribution in [2.75, 3.05) is 6.61 Å². The van der Waals surface area contributed by atoms with E-state index in [9.17, 15) is 4.39 Å². The second-order valence-electron chi connectivity index (χ2n) is 5.65. The van der Waals surface area contributed by atoms with E-state index in [4.69, 9.17) is 16.3 Å². The summed E-state index contributed by atoms with van der Waals surface area (Å²) in [5.74, 6) is -0.410. The first kappa shape index (κ1) is 14.4. The van der Waals surface area contributed by atoms with Crippen LogP contribution < -0.4 is 0 Å². The first-order valence-corrected chi connectivity index (χ1v) is 10.2. The summed E-state index contributed by atoms with van der Waals surface area (Å²) in [5.41, 5.74) is 0.984. The third-order valence-corrected chi connectivity index (χ3v) is 4.74. The molecule has 0 N–H and O–H groups in total. The molecule has 2 heterocycles. The van der Waals surface area contributed by atoms with E-state index in [0.29, 0.717) is 17.8 Å². The van der Waals surface area contributed by atoms with E-state index in [1.54, 1.807) is 4.57 Å². The monoisotopic (exact) mass is 301 g/mol. The molecule has 0 spiro atoms. The highest BCUT2D eigenvalue weighted by atomic mass is 35.5. The number of ether oxygens (including phenoxy) is 1. The number of fused-ring (bicyclic) bond motifs is 1. The summed E-state index contributed by atoms with van der Waals surface area (Å²) in [6, 6.07) is 2.44.